The van der Waals surface area contributed by atoms with Gasteiger partial charge in [0.05, 0.1) is 5.41 Å². The quantitative estimate of drug-likeness (QED) is 0.683. The molecule has 0 unspecified atom stereocenters. The standard InChI is InChI=1S/C11H14O3/c1-9(13)10(2,14)11(8-12)6-4-3-5-7-11/h3-6,8,14H,7H2,1-2H3/t10-,11-/m0/s1. The number of Topliss-reactive ketones (excluding diaryl/α,β-unsaturated/α-hetero) is 1. The number of aldehydes is 1. The summed E-state index contributed by atoms with van der Waals surface area (Å²) in [6.45, 7) is 2.67. The van der Waals surface area contributed by atoms with Gasteiger partial charge in [0.2, 0.25) is 0 Å². The minimum absolute atomic E-state index is 0.361. The summed E-state index contributed by atoms with van der Waals surface area (Å²) < 4.78 is 0. The van der Waals surface area contributed by atoms with Crippen molar-refractivity contribution in [1.82, 2.24) is 0 Å². The Balaban J connectivity index is 3.13. The van der Waals surface area contributed by atoms with E-state index in [1.54, 1.807) is 24.3 Å². The van der Waals surface area contributed by atoms with Crippen LogP contribution in [0.3, 0.4) is 0 Å². The summed E-state index contributed by atoms with van der Waals surface area (Å²) in [4.78, 5) is 22.3. The van der Waals surface area contributed by atoms with Crippen molar-refractivity contribution in [2.75, 3.05) is 0 Å². The van der Waals surface area contributed by atoms with Crippen LogP contribution in [-0.2, 0) is 9.59 Å². The van der Waals surface area contributed by atoms with Crippen molar-refractivity contribution in [2.24, 2.45) is 5.41 Å². The maximum absolute atomic E-state index is 11.3. The Bertz CT molecular complexity index is 312. The van der Waals surface area contributed by atoms with Gasteiger partial charge in [0.1, 0.15) is 11.9 Å². The molecule has 0 aliphatic heterocycles. The Morgan fingerprint density at radius 2 is 2.21 bits per heavy atom. The lowest BCUT2D eigenvalue weighted by molar-refractivity contribution is -0.149. The molecule has 0 saturated heterocycles. The van der Waals surface area contributed by atoms with Crippen molar-refractivity contribution in [3.8, 4) is 0 Å². The molecule has 3 heteroatoms. The Kier molecular flexibility index (Phi) is 2.71. The van der Waals surface area contributed by atoms with E-state index in [9.17, 15) is 14.7 Å². The van der Waals surface area contributed by atoms with E-state index in [0.717, 1.165) is 0 Å². The third-order valence-electron chi connectivity index (χ3n) is 2.90. The highest BCUT2D eigenvalue weighted by molar-refractivity contribution is 5.90. The van der Waals surface area contributed by atoms with E-state index in [4.69, 9.17) is 0 Å². The molecular weight excluding hydrogens is 180 g/mol. The highest BCUT2D eigenvalue weighted by Gasteiger charge is 2.48. The van der Waals surface area contributed by atoms with Crippen molar-refractivity contribution in [1.29, 1.82) is 0 Å². The number of allylic oxidation sites excluding steroid dienone is 3. The lowest BCUT2D eigenvalue weighted by Crippen LogP contribution is -2.51. The topological polar surface area (TPSA) is 54.4 Å². The van der Waals surface area contributed by atoms with Crippen LogP contribution in [0.15, 0.2) is 24.3 Å². The second-order valence-corrected chi connectivity index (χ2v) is 3.78. The Labute approximate surface area is 83.1 Å². The first-order chi connectivity index (χ1) is 6.46. The molecule has 2 atom stereocenters. The lowest BCUT2D eigenvalue weighted by atomic mass is 9.68. The molecule has 0 heterocycles. The van der Waals surface area contributed by atoms with E-state index in [2.05, 4.69) is 0 Å². The van der Waals surface area contributed by atoms with Crippen molar-refractivity contribution >= 4 is 12.1 Å². The average molecular weight is 194 g/mol. The zero-order valence-corrected chi connectivity index (χ0v) is 8.36. The Morgan fingerprint density at radius 3 is 2.57 bits per heavy atom. The third-order valence-corrected chi connectivity index (χ3v) is 2.90. The predicted molar refractivity (Wildman–Crippen MR) is 52.7 cm³/mol. The van der Waals surface area contributed by atoms with Crippen molar-refractivity contribution in [2.45, 2.75) is 25.9 Å². The van der Waals surface area contributed by atoms with Crippen molar-refractivity contribution < 1.29 is 14.7 Å². The number of aliphatic hydroxyl groups is 1. The van der Waals surface area contributed by atoms with Gasteiger partial charge in [-0.25, -0.2) is 0 Å². The van der Waals surface area contributed by atoms with Crippen LogP contribution < -0.4 is 0 Å². The van der Waals surface area contributed by atoms with Crippen molar-refractivity contribution in [3.63, 3.8) is 0 Å². The molecule has 0 amide bonds. The van der Waals surface area contributed by atoms with Gasteiger partial charge in [0, 0.05) is 0 Å². The molecule has 1 aliphatic rings. The number of carbonyl (C=O) groups is 2. The van der Waals surface area contributed by atoms with Crippen LogP contribution in [0.4, 0.5) is 0 Å². The summed E-state index contributed by atoms with van der Waals surface area (Å²) in [5.74, 6) is -0.399. The van der Waals surface area contributed by atoms with Crippen LogP contribution in [0, 0.1) is 5.41 Å². The molecule has 0 saturated carbocycles. The molecule has 0 radical (unpaired) electrons. The van der Waals surface area contributed by atoms with E-state index in [1.807, 2.05) is 0 Å². The fraction of sp³-hybridized carbons (Fsp3) is 0.455. The van der Waals surface area contributed by atoms with Crippen LogP contribution in [0.5, 0.6) is 0 Å². The number of hydrogen-bond donors (Lipinski definition) is 1. The Hall–Kier alpha value is -1.22. The molecule has 0 bridgehead atoms. The van der Waals surface area contributed by atoms with Gasteiger partial charge in [-0.15, -0.1) is 0 Å². The first kappa shape index (κ1) is 10.9. The summed E-state index contributed by atoms with van der Waals surface area (Å²) in [7, 11) is 0. The molecule has 3 nitrogen and oxygen atoms in total. The van der Waals surface area contributed by atoms with Crippen molar-refractivity contribution in [3.05, 3.63) is 24.3 Å². The molecule has 14 heavy (non-hydrogen) atoms. The highest BCUT2D eigenvalue weighted by Crippen LogP contribution is 2.37. The minimum atomic E-state index is -1.63. The van der Waals surface area contributed by atoms with Crippen LogP contribution in [0.2, 0.25) is 0 Å². The van der Waals surface area contributed by atoms with E-state index in [1.165, 1.54) is 13.8 Å². The maximum atomic E-state index is 11.3. The van der Waals surface area contributed by atoms with E-state index in [0.29, 0.717) is 12.7 Å². The summed E-state index contributed by atoms with van der Waals surface area (Å²) in [6, 6.07) is 0. The van der Waals surface area contributed by atoms with Gasteiger partial charge in [-0.05, 0) is 20.3 Å². The number of rotatable bonds is 3. The largest absolute Gasteiger partial charge is 0.381 e. The second-order valence-electron chi connectivity index (χ2n) is 3.78. The molecule has 0 aromatic carbocycles. The minimum Gasteiger partial charge on any atom is -0.381 e. The molecule has 1 rings (SSSR count). The molecule has 76 valence electrons. The maximum Gasteiger partial charge on any atom is 0.162 e. The van der Waals surface area contributed by atoms with E-state index < -0.39 is 16.8 Å². The van der Waals surface area contributed by atoms with Crippen LogP contribution in [0.25, 0.3) is 0 Å². The van der Waals surface area contributed by atoms with Crippen LogP contribution in [-0.4, -0.2) is 22.8 Å². The first-order valence-corrected chi connectivity index (χ1v) is 4.50. The third kappa shape index (κ3) is 1.44. The summed E-state index contributed by atoms with van der Waals surface area (Å²) in [5.41, 5.74) is -2.73. The predicted octanol–water partition coefficient (Wildman–Crippen LogP) is 1.03. The van der Waals surface area contributed by atoms with Gasteiger partial charge < -0.3 is 9.90 Å². The molecule has 0 aromatic rings. The summed E-state index contributed by atoms with van der Waals surface area (Å²) in [5, 5.41) is 10.0. The van der Waals surface area contributed by atoms with Crippen LogP contribution in [0.1, 0.15) is 20.3 Å². The fourth-order valence-electron chi connectivity index (χ4n) is 1.53. The molecule has 1 N–H and O–H groups in total. The average Bonchev–Trinajstić information content (AvgIpc) is 2.18. The van der Waals surface area contributed by atoms with Gasteiger partial charge in [-0.3, -0.25) is 4.79 Å². The molecule has 0 fully saturated rings. The Morgan fingerprint density at radius 1 is 1.57 bits per heavy atom. The van der Waals surface area contributed by atoms with Gasteiger partial charge in [-0.1, -0.05) is 24.3 Å². The summed E-state index contributed by atoms with van der Waals surface area (Å²) in [6.07, 6.45) is 7.83. The molecule has 0 spiro atoms. The van der Waals surface area contributed by atoms with E-state index in [-0.39, 0.29) is 0 Å². The first-order valence-electron chi connectivity index (χ1n) is 4.50. The summed E-state index contributed by atoms with van der Waals surface area (Å²) >= 11 is 0. The molecular formula is C11H14O3. The molecule has 1 aliphatic carbocycles. The second kappa shape index (κ2) is 3.50. The van der Waals surface area contributed by atoms with Gasteiger partial charge in [0.25, 0.3) is 0 Å². The number of hydrogen-bond acceptors (Lipinski definition) is 3. The zero-order chi connectivity index (χ0) is 10.8. The van der Waals surface area contributed by atoms with Crippen LogP contribution >= 0.6 is 0 Å². The SMILES string of the molecule is CC(=O)[C@](C)(O)[C@@]1(C=O)C=CC=CC1. The number of carbonyl (C=O) groups excluding carboxylic acids is 2. The lowest BCUT2D eigenvalue weighted by Gasteiger charge is -2.37. The van der Waals surface area contributed by atoms with E-state index >= 15 is 0 Å². The fourth-order valence-corrected chi connectivity index (χ4v) is 1.53. The molecule has 0 aromatic heterocycles. The van der Waals surface area contributed by atoms with Gasteiger partial charge >= 0.3 is 0 Å². The highest BCUT2D eigenvalue weighted by atomic mass is 16.3. The normalized spacial score (nSPS) is 29.6. The smallest absolute Gasteiger partial charge is 0.162 e. The van der Waals surface area contributed by atoms with Gasteiger partial charge in [-0.2, -0.15) is 0 Å². The van der Waals surface area contributed by atoms with Gasteiger partial charge in [0.15, 0.2) is 5.78 Å². The monoisotopic (exact) mass is 194 g/mol. The zero-order valence-electron chi connectivity index (χ0n) is 8.36. The number of ketones is 1.